The fourth-order valence-corrected chi connectivity index (χ4v) is 5.03. The van der Waals surface area contributed by atoms with Crippen LogP contribution in [0.2, 0.25) is 5.02 Å². The lowest BCUT2D eigenvalue weighted by Gasteiger charge is -2.32. The fourth-order valence-electron chi connectivity index (χ4n) is 3.83. The Morgan fingerprint density at radius 2 is 1.61 bits per heavy atom. The molecule has 0 radical (unpaired) electrons. The lowest BCUT2D eigenvalue weighted by molar-refractivity contribution is -0.139. The predicted molar refractivity (Wildman–Crippen MR) is 151 cm³/mol. The first-order valence-electron chi connectivity index (χ1n) is 12.4. The number of aryl methyl sites for hydroxylation is 1. The molecule has 0 aromatic heterocycles. The maximum atomic E-state index is 13.7. The molecule has 0 saturated heterocycles. The SMILES string of the molecule is CC[C@H](C)NC(=O)[C@H](Cc1ccccc1)N(Cc1ccc(C)cc1)C(=O)CSCc1ccccc1Cl. The van der Waals surface area contributed by atoms with E-state index in [0.717, 1.165) is 28.7 Å². The molecule has 0 spiro atoms. The normalized spacial score (nSPS) is 12.6. The van der Waals surface area contributed by atoms with Crippen LogP contribution in [0.5, 0.6) is 0 Å². The summed E-state index contributed by atoms with van der Waals surface area (Å²) in [6.07, 6.45) is 1.28. The second-order valence-electron chi connectivity index (χ2n) is 9.11. The molecule has 0 aliphatic heterocycles. The van der Waals surface area contributed by atoms with Crippen LogP contribution in [0.4, 0.5) is 0 Å². The molecule has 0 heterocycles. The highest BCUT2D eigenvalue weighted by Gasteiger charge is 2.30. The van der Waals surface area contributed by atoms with Gasteiger partial charge in [0.2, 0.25) is 11.8 Å². The number of hydrogen-bond donors (Lipinski definition) is 1. The van der Waals surface area contributed by atoms with Gasteiger partial charge in [0.05, 0.1) is 5.75 Å². The van der Waals surface area contributed by atoms with Crippen LogP contribution in [0, 0.1) is 6.92 Å². The molecule has 1 N–H and O–H groups in total. The van der Waals surface area contributed by atoms with Gasteiger partial charge in [-0.2, -0.15) is 0 Å². The van der Waals surface area contributed by atoms with E-state index < -0.39 is 6.04 Å². The van der Waals surface area contributed by atoms with Crippen molar-refractivity contribution in [3.05, 3.63) is 106 Å². The fraction of sp³-hybridized carbons (Fsp3) is 0.333. The lowest BCUT2D eigenvalue weighted by atomic mass is 10.0. The summed E-state index contributed by atoms with van der Waals surface area (Å²) in [6.45, 7) is 6.44. The summed E-state index contributed by atoms with van der Waals surface area (Å²) in [5.41, 5.74) is 4.17. The third-order valence-electron chi connectivity index (χ3n) is 6.19. The van der Waals surface area contributed by atoms with Gasteiger partial charge < -0.3 is 10.2 Å². The number of carbonyl (C=O) groups excluding carboxylic acids is 2. The van der Waals surface area contributed by atoms with E-state index in [-0.39, 0.29) is 23.6 Å². The van der Waals surface area contributed by atoms with Crippen molar-refractivity contribution in [2.45, 2.75) is 58.0 Å². The van der Waals surface area contributed by atoms with Gasteiger partial charge in [-0.3, -0.25) is 9.59 Å². The minimum Gasteiger partial charge on any atom is -0.352 e. The molecule has 0 bridgehead atoms. The number of thioether (sulfide) groups is 1. The minimum absolute atomic E-state index is 0.0293. The second kappa shape index (κ2) is 14.1. The Kier molecular flexibility index (Phi) is 10.9. The summed E-state index contributed by atoms with van der Waals surface area (Å²) in [4.78, 5) is 28.9. The summed E-state index contributed by atoms with van der Waals surface area (Å²) < 4.78 is 0. The zero-order valence-electron chi connectivity index (χ0n) is 21.2. The molecule has 3 rings (SSSR count). The monoisotopic (exact) mass is 522 g/mol. The summed E-state index contributed by atoms with van der Waals surface area (Å²) in [5, 5.41) is 3.81. The van der Waals surface area contributed by atoms with Crippen LogP contribution >= 0.6 is 23.4 Å². The Bertz CT molecular complexity index is 1120. The molecule has 190 valence electrons. The maximum absolute atomic E-state index is 13.7. The molecule has 6 heteroatoms. The van der Waals surface area contributed by atoms with Crippen LogP contribution in [-0.2, 0) is 28.3 Å². The van der Waals surface area contributed by atoms with Crippen LogP contribution in [0.25, 0.3) is 0 Å². The van der Waals surface area contributed by atoms with Crippen LogP contribution in [0.1, 0.15) is 42.5 Å². The molecule has 3 aromatic carbocycles. The van der Waals surface area contributed by atoms with Gasteiger partial charge in [-0.25, -0.2) is 0 Å². The van der Waals surface area contributed by atoms with Crippen molar-refractivity contribution in [3.8, 4) is 0 Å². The third-order valence-corrected chi connectivity index (χ3v) is 7.52. The average molecular weight is 523 g/mol. The van der Waals surface area contributed by atoms with Crippen molar-refractivity contribution in [2.24, 2.45) is 0 Å². The Hall–Kier alpha value is -2.76. The van der Waals surface area contributed by atoms with Crippen molar-refractivity contribution in [1.82, 2.24) is 10.2 Å². The van der Waals surface area contributed by atoms with Gasteiger partial charge in [-0.05, 0) is 43.0 Å². The Labute approximate surface area is 224 Å². The number of carbonyl (C=O) groups is 2. The first kappa shape index (κ1) is 27.8. The van der Waals surface area contributed by atoms with Crippen molar-refractivity contribution >= 4 is 35.2 Å². The van der Waals surface area contributed by atoms with Gasteiger partial charge in [-0.15, -0.1) is 11.8 Å². The molecule has 4 nitrogen and oxygen atoms in total. The van der Waals surface area contributed by atoms with E-state index in [1.165, 1.54) is 11.8 Å². The molecule has 0 aliphatic carbocycles. The van der Waals surface area contributed by atoms with E-state index in [9.17, 15) is 9.59 Å². The molecule has 0 saturated carbocycles. The maximum Gasteiger partial charge on any atom is 0.243 e. The smallest absolute Gasteiger partial charge is 0.243 e. The molecule has 2 atom stereocenters. The van der Waals surface area contributed by atoms with Gasteiger partial charge in [0, 0.05) is 29.8 Å². The standard InChI is InChI=1S/C30H35ClN2O2S/c1-4-23(3)32-30(35)28(18-24-10-6-5-7-11-24)33(19-25-16-14-22(2)15-17-25)29(34)21-36-20-26-12-8-9-13-27(26)31/h5-17,23,28H,4,18-21H2,1-3H3,(H,32,35)/t23-,28-/m0/s1. The van der Waals surface area contributed by atoms with Gasteiger partial charge >= 0.3 is 0 Å². The molecule has 3 aromatic rings. The van der Waals surface area contributed by atoms with E-state index in [1.807, 2.05) is 99.6 Å². The number of benzene rings is 3. The van der Waals surface area contributed by atoms with Crippen LogP contribution in [0.15, 0.2) is 78.9 Å². The third kappa shape index (κ3) is 8.42. The second-order valence-corrected chi connectivity index (χ2v) is 10.5. The van der Waals surface area contributed by atoms with Crippen LogP contribution in [0.3, 0.4) is 0 Å². The summed E-state index contributed by atoms with van der Waals surface area (Å²) >= 11 is 7.82. The van der Waals surface area contributed by atoms with E-state index in [2.05, 4.69) is 5.32 Å². The van der Waals surface area contributed by atoms with Crippen molar-refractivity contribution < 1.29 is 9.59 Å². The number of nitrogens with zero attached hydrogens (tertiary/aromatic N) is 1. The highest BCUT2D eigenvalue weighted by molar-refractivity contribution is 7.99. The molecule has 0 aliphatic rings. The topological polar surface area (TPSA) is 49.4 Å². The minimum atomic E-state index is -0.615. The quantitative estimate of drug-likeness (QED) is 0.298. The van der Waals surface area contributed by atoms with Gasteiger partial charge in [-0.1, -0.05) is 96.9 Å². The van der Waals surface area contributed by atoms with Crippen molar-refractivity contribution in [3.63, 3.8) is 0 Å². The molecule has 0 unspecified atom stereocenters. The predicted octanol–water partition coefficient (Wildman–Crippen LogP) is 6.44. The van der Waals surface area contributed by atoms with E-state index in [1.54, 1.807) is 4.90 Å². The highest BCUT2D eigenvalue weighted by Crippen LogP contribution is 2.22. The van der Waals surface area contributed by atoms with E-state index in [4.69, 9.17) is 11.6 Å². The molecular formula is C30H35ClN2O2S. The Morgan fingerprint density at radius 3 is 2.28 bits per heavy atom. The molecule has 2 amide bonds. The van der Waals surface area contributed by atoms with Crippen LogP contribution < -0.4 is 5.32 Å². The number of amides is 2. The van der Waals surface area contributed by atoms with Crippen molar-refractivity contribution in [2.75, 3.05) is 5.75 Å². The van der Waals surface area contributed by atoms with Crippen molar-refractivity contribution in [1.29, 1.82) is 0 Å². The first-order valence-corrected chi connectivity index (χ1v) is 13.9. The van der Waals surface area contributed by atoms with Gasteiger partial charge in [0.25, 0.3) is 0 Å². The lowest BCUT2D eigenvalue weighted by Crippen LogP contribution is -2.52. The summed E-state index contributed by atoms with van der Waals surface area (Å²) in [6, 6.07) is 25.1. The van der Waals surface area contributed by atoms with E-state index >= 15 is 0 Å². The Balaban J connectivity index is 1.85. The zero-order valence-corrected chi connectivity index (χ0v) is 22.8. The first-order chi connectivity index (χ1) is 17.4. The average Bonchev–Trinajstić information content (AvgIpc) is 2.88. The molecule has 36 heavy (non-hydrogen) atoms. The number of nitrogens with one attached hydrogen (secondary N) is 1. The van der Waals surface area contributed by atoms with Crippen LogP contribution in [-0.4, -0.2) is 34.6 Å². The summed E-state index contributed by atoms with van der Waals surface area (Å²) in [5.74, 6) is 0.711. The van der Waals surface area contributed by atoms with Gasteiger partial charge in [0.15, 0.2) is 0 Å². The van der Waals surface area contributed by atoms with Gasteiger partial charge in [0.1, 0.15) is 6.04 Å². The number of hydrogen-bond acceptors (Lipinski definition) is 3. The Morgan fingerprint density at radius 1 is 0.944 bits per heavy atom. The number of halogens is 1. The molecular weight excluding hydrogens is 488 g/mol. The molecule has 0 fully saturated rings. The highest BCUT2D eigenvalue weighted by atomic mass is 35.5. The summed E-state index contributed by atoms with van der Waals surface area (Å²) in [7, 11) is 0. The largest absolute Gasteiger partial charge is 0.352 e. The number of rotatable bonds is 12. The zero-order chi connectivity index (χ0) is 25.9. The van der Waals surface area contributed by atoms with E-state index in [0.29, 0.717) is 23.7 Å².